The highest BCUT2D eigenvalue weighted by Gasteiger charge is 2.31. The van der Waals surface area contributed by atoms with Crippen LogP contribution in [0.2, 0.25) is 0 Å². The molecule has 1 aliphatic heterocycles. The van der Waals surface area contributed by atoms with Crippen molar-refractivity contribution in [3.05, 3.63) is 47.5 Å². The minimum atomic E-state index is 0.0718. The van der Waals surface area contributed by atoms with E-state index in [1.54, 1.807) is 0 Å². The third-order valence-electron chi connectivity index (χ3n) is 7.32. The fourth-order valence-corrected chi connectivity index (χ4v) is 5.09. The average molecular weight is 438 g/mol. The molecule has 1 aromatic carbocycles. The molecule has 1 saturated heterocycles. The minimum Gasteiger partial charge on any atom is -0.349 e. The first kappa shape index (κ1) is 23.0. The Morgan fingerprint density at radius 2 is 1.78 bits per heavy atom. The first-order valence-electron chi connectivity index (χ1n) is 12.4. The molecule has 32 heavy (non-hydrogen) atoms. The number of carbonyl (C=O) groups is 1. The maximum Gasteiger partial charge on any atom is 0.223 e. The summed E-state index contributed by atoms with van der Waals surface area (Å²) in [5, 5.41) is 8.09. The Labute approximate surface area is 192 Å². The molecule has 0 spiro atoms. The maximum absolute atomic E-state index is 12.7. The van der Waals surface area contributed by atoms with Crippen molar-refractivity contribution in [1.29, 1.82) is 0 Å². The van der Waals surface area contributed by atoms with Gasteiger partial charge in [0.05, 0.1) is 12.1 Å². The normalized spacial score (nSPS) is 20.2. The van der Waals surface area contributed by atoms with Gasteiger partial charge in [-0.1, -0.05) is 50.6 Å². The van der Waals surface area contributed by atoms with E-state index < -0.39 is 0 Å². The molecule has 6 heteroatoms. The van der Waals surface area contributed by atoms with Crippen molar-refractivity contribution in [3.8, 4) is 0 Å². The molecule has 2 atom stereocenters. The van der Waals surface area contributed by atoms with Crippen molar-refractivity contribution >= 4 is 5.91 Å². The molecule has 2 fully saturated rings. The van der Waals surface area contributed by atoms with Gasteiger partial charge >= 0.3 is 0 Å². The van der Waals surface area contributed by atoms with E-state index in [-0.39, 0.29) is 17.9 Å². The van der Waals surface area contributed by atoms with Gasteiger partial charge in [-0.25, -0.2) is 9.67 Å². The smallest absolute Gasteiger partial charge is 0.223 e. The van der Waals surface area contributed by atoms with Gasteiger partial charge in [0.15, 0.2) is 0 Å². The summed E-state index contributed by atoms with van der Waals surface area (Å²) in [5.74, 6) is 2.82. The van der Waals surface area contributed by atoms with E-state index in [0.29, 0.717) is 18.0 Å². The maximum atomic E-state index is 12.7. The largest absolute Gasteiger partial charge is 0.349 e. The molecule has 2 aromatic rings. The molecule has 1 aliphatic carbocycles. The highest BCUT2D eigenvalue weighted by molar-refractivity contribution is 5.79. The zero-order chi connectivity index (χ0) is 22.7. The Morgan fingerprint density at radius 1 is 1.09 bits per heavy atom. The van der Waals surface area contributed by atoms with Crippen LogP contribution in [-0.4, -0.2) is 44.7 Å². The standard InChI is InChI=1S/C26H39N5O/c1-18(2)25-27-20(4)29-31(25)23-13-15-30(16-14-23)19(3)17-24(21-9-6-5-7-10-21)28-26(32)22-11-8-12-22/h5-7,9-10,18-19,22-24H,8,11-17H2,1-4H3,(H,28,32)/t19?,24-/m0/s1. The minimum absolute atomic E-state index is 0.0718. The third kappa shape index (κ3) is 5.22. The molecule has 1 unspecified atom stereocenters. The van der Waals surface area contributed by atoms with E-state index in [1.807, 2.05) is 13.0 Å². The topological polar surface area (TPSA) is 63.1 Å². The van der Waals surface area contributed by atoms with E-state index >= 15 is 0 Å². The zero-order valence-electron chi connectivity index (χ0n) is 20.1. The van der Waals surface area contributed by atoms with Gasteiger partial charge in [-0.3, -0.25) is 4.79 Å². The van der Waals surface area contributed by atoms with Gasteiger partial charge in [0.25, 0.3) is 0 Å². The number of aromatic nitrogens is 3. The lowest BCUT2D eigenvalue weighted by molar-refractivity contribution is -0.128. The number of carbonyl (C=O) groups excluding carboxylic acids is 1. The molecule has 1 aromatic heterocycles. The number of nitrogens with zero attached hydrogens (tertiary/aromatic N) is 4. The lowest BCUT2D eigenvalue weighted by Crippen LogP contribution is -2.44. The van der Waals surface area contributed by atoms with Gasteiger partial charge in [0.1, 0.15) is 11.6 Å². The van der Waals surface area contributed by atoms with Gasteiger partial charge in [-0.05, 0) is 51.5 Å². The quantitative estimate of drug-likeness (QED) is 0.645. The fourth-order valence-electron chi connectivity index (χ4n) is 5.09. The predicted octanol–water partition coefficient (Wildman–Crippen LogP) is 4.78. The summed E-state index contributed by atoms with van der Waals surface area (Å²) in [6.45, 7) is 10.8. The van der Waals surface area contributed by atoms with Gasteiger partial charge in [-0.15, -0.1) is 0 Å². The van der Waals surface area contributed by atoms with Crippen molar-refractivity contribution in [2.45, 2.75) is 90.3 Å². The number of nitrogens with one attached hydrogen (secondary N) is 1. The van der Waals surface area contributed by atoms with E-state index in [2.05, 4.69) is 64.9 Å². The molecular weight excluding hydrogens is 398 g/mol. The molecular formula is C26H39N5O. The van der Waals surface area contributed by atoms with Crippen LogP contribution in [0.4, 0.5) is 0 Å². The van der Waals surface area contributed by atoms with E-state index in [4.69, 9.17) is 5.10 Å². The van der Waals surface area contributed by atoms with Crippen molar-refractivity contribution < 1.29 is 4.79 Å². The van der Waals surface area contributed by atoms with Crippen LogP contribution in [0.3, 0.4) is 0 Å². The Bertz CT molecular complexity index is 881. The summed E-state index contributed by atoms with van der Waals surface area (Å²) >= 11 is 0. The summed E-state index contributed by atoms with van der Waals surface area (Å²) in [6.07, 6.45) is 6.39. The lowest BCUT2D eigenvalue weighted by atomic mass is 9.84. The molecule has 2 heterocycles. The van der Waals surface area contributed by atoms with Crippen molar-refractivity contribution in [2.24, 2.45) is 5.92 Å². The Hall–Kier alpha value is -2.21. The van der Waals surface area contributed by atoms with Crippen LogP contribution in [0.25, 0.3) is 0 Å². The van der Waals surface area contributed by atoms with Crippen LogP contribution < -0.4 is 5.32 Å². The van der Waals surface area contributed by atoms with E-state index in [0.717, 1.165) is 56.8 Å². The number of hydrogen-bond acceptors (Lipinski definition) is 4. The zero-order valence-corrected chi connectivity index (χ0v) is 20.1. The van der Waals surface area contributed by atoms with Crippen LogP contribution in [0.15, 0.2) is 30.3 Å². The summed E-state index contributed by atoms with van der Waals surface area (Å²) < 4.78 is 2.19. The molecule has 4 rings (SSSR count). The average Bonchev–Trinajstić information content (AvgIpc) is 3.15. The first-order chi connectivity index (χ1) is 15.4. The van der Waals surface area contributed by atoms with Crippen molar-refractivity contribution in [3.63, 3.8) is 0 Å². The fraction of sp³-hybridized carbons (Fsp3) is 0.654. The number of hydrogen-bond donors (Lipinski definition) is 1. The number of piperidine rings is 1. The second-order valence-corrected chi connectivity index (χ2v) is 10.1. The number of amides is 1. The highest BCUT2D eigenvalue weighted by atomic mass is 16.2. The monoisotopic (exact) mass is 437 g/mol. The molecule has 2 aliphatic rings. The predicted molar refractivity (Wildman–Crippen MR) is 127 cm³/mol. The summed E-state index contributed by atoms with van der Waals surface area (Å²) in [7, 11) is 0. The molecule has 0 radical (unpaired) electrons. The molecule has 1 N–H and O–H groups in total. The first-order valence-corrected chi connectivity index (χ1v) is 12.4. The van der Waals surface area contributed by atoms with Crippen molar-refractivity contribution in [2.75, 3.05) is 13.1 Å². The Kier molecular flexibility index (Phi) is 7.29. The Balaban J connectivity index is 1.38. The van der Waals surface area contributed by atoms with Crippen LogP contribution in [-0.2, 0) is 4.79 Å². The van der Waals surface area contributed by atoms with E-state index in [1.165, 1.54) is 12.0 Å². The summed E-state index contributed by atoms with van der Waals surface area (Å²) in [6, 6.07) is 11.4. The van der Waals surface area contributed by atoms with Crippen molar-refractivity contribution in [1.82, 2.24) is 25.0 Å². The van der Waals surface area contributed by atoms with Gasteiger partial charge < -0.3 is 10.2 Å². The summed E-state index contributed by atoms with van der Waals surface area (Å²) in [4.78, 5) is 20.0. The molecule has 1 amide bonds. The SMILES string of the molecule is Cc1nc(C(C)C)n(C2CCN(C(C)C[C@H](NC(=O)C3CCC3)c3ccccc3)CC2)n1. The molecule has 6 nitrogen and oxygen atoms in total. The van der Waals surface area contributed by atoms with E-state index in [9.17, 15) is 4.79 Å². The van der Waals surface area contributed by atoms with Crippen LogP contribution in [0.5, 0.6) is 0 Å². The van der Waals surface area contributed by atoms with Gasteiger partial charge in [0, 0.05) is 31.0 Å². The lowest BCUT2D eigenvalue weighted by Gasteiger charge is -2.38. The number of benzene rings is 1. The van der Waals surface area contributed by atoms with Gasteiger partial charge in [0.2, 0.25) is 5.91 Å². The molecule has 1 saturated carbocycles. The second kappa shape index (κ2) is 10.2. The van der Waals surface area contributed by atoms with Gasteiger partial charge in [-0.2, -0.15) is 5.10 Å². The van der Waals surface area contributed by atoms with Crippen LogP contribution in [0.1, 0.15) is 94.5 Å². The van der Waals surface area contributed by atoms with Crippen LogP contribution >= 0.6 is 0 Å². The summed E-state index contributed by atoms with van der Waals surface area (Å²) in [5.41, 5.74) is 1.21. The Morgan fingerprint density at radius 3 is 2.38 bits per heavy atom. The number of likely N-dealkylation sites (tertiary alicyclic amines) is 1. The molecule has 0 bridgehead atoms. The highest BCUT2D eigenvalue weighted by Crippen LogP contribution is 2.31. The number of aryl methyl sites for hydroxylation is 1. The third-order valence-corrected chi connectivity index (χ3v) is 7.32. The van der Waals surface area contributed by atoms with Crippen LogP contribution in [0, 0.1) is 12.8 Å². The number of rotatable bonds is 8. The molecule has 174 valence electrons. The second-order valence-electron chi connectivity index (χ2n) is 10.1.